The van der Waals surface area contributed by atoms with Gasteiger partial charge in [0.05, 0.1) is 19.2 Å². The van der Waals surface area contributed by atoms with Gasteiger partial charge >= 0.3 is 0 Å². The van der Waals surface area contributed by atoms with Crippen LogP contribution < -0.4 is 14.8 Å². The molecule has 166 valence electrons. The summed E-state index contributed by atoms with van der Waals surface area (Å²) in [5.74, 6) is 0.134. The Labute approximate surface area is 192 Å². The molecule has 7 heteroatoms. The zero-order chi connectivity index (χ0) is 23.6. The van der Waals surface area contributed by atoms with E-state index in [-0.39, 0.29) is 33.0 Å². The molecule has 3 rings (SSSR count). The van der Waals surface area contributed by atoms with Gasteiger partial charge < -0.3 is 14.0 Å². The molecule has 1 unspecified atom stereocenters. The summed E-state index contributed by atoms with van der Waals surface area (Å²) < 4.78 is 25.3. The molecule has 0 aromatic heterocycles. The summed E-state index contributed by atoms with van der Waals surface area (Å²) >= 11 is 6.26. The molecular weight excluding hydrogens is 447 g/mol. The molecule has 0 radical (unpaired) electrons. The molecule has 0 fully saturated rings. The third-order valence-electron chi connectivity index (χ3n) is 5.29. The van der Waals surface area contributed by atoms with Gasteiger partial charge in [-0.05, 0) is 44.0 Å². The largest absolute Gasteiger partial charge is 0.496 e. The van der Waals surface area contributed by atoms with Gasteiger partial charge in [-0.25, -0.2) is 0 Å². The van der Waals surface area contributed by atoms with Gasteiger partial charge in [-0.15, -0.1) is 0 Å². The summed E-state index contributed by atoms with van der Waals surface area (Å²) in [6, 6.07) is 14.7. The molecule has 0 bridgehead atoms. The minimum atomic E-state index is -4.36. The summed E-state index contributed by atoms with van der Waals surface area (Å²) in [7, 11) is -1.64. The number of hydrogen-bond donors (Lipinski definition) is 0. The van der Waals surface area contributed by atoms with Crippen molar-refractivity contribution in [2.24, 2.45) is 0 Å². The topological polar surface area (TPSA) is 69.7 Å². The number of ether oxygens (including phenoxy) is 2. The number of methoxy groups -OCH3 is 2. The lowest BCUT2D eigenvalue weighted by atomic mass is 10.0. The van der Waals surface area contributed by atoms with Crippen LogP contribution in [0.15, 0.2) is 54.6 Å². The standard InChI is InChI=1S/C25H24ClO5P/c1-15-13-16(2)21(17(3)14-15)24(27)32(29,18-9-7-6-8-10-18)25(28)22-20(30-4)12-11-19(26)23(22)31-5/h6-14H,1-5H3. The Hall–Kier alpha value is -2.88. The van der Waals surface area contributed by atoms with E-state index in [0.717, 1.165) is 5.56 Å². The second-order valence-electron chi connectivity index (χ2n) is 7.49. The lowest BCUT2D eigenvalue weighted by Gasteiger charge is -2.21. The van der Waals surface area contributed by atoms with Gasteiger partial charge in [0.1, 0.15) is 11.3 Å². The predicted octanol–water partition coefficient (Wildman–Crippen LogP) is 5.95. The maximum atomic E-state index is 14.6. The molecule has 0 saturated heterocycles. The first-order chi connectivity index (χ1) is 15.2. The molecule has 0 aliphatic heterocycles. The Balaban J connectivity index is 2.36. The molecule has 3 aromatic rings. The van der Waals surface area contributed by atoms with Crippen molar-refractivity contribution in [3.63, 3.8) is 0 Å². The third kappa shape index (κ3) is 3.99. The van der Waals surface area contributed by atoms with Gasteiger partial charge in [0.2, 0.25) is 18.2 Å². The molecule has 0 spiro atoms. The van der Waals surface area contributed by atoms with E-state index in [0.29, 0.717) is 11.1 Å². The first-order valence-corrected chi connectivity index (χ1v) is 12.0. The van der Waals surface area contributed by atoms with E-state index < -0.39 is 18.2 Å². The minimum absolute atomic E-state index is 0.0114. The van der Waals surface area contributed by atoms with Crippen molar-refractivity contribution < 1.29 is 23.6 Å². The zero-order valence-corrected chi connectivity index (χ0v) is 20.2. The van der Waals surface area contributed by atoms with Crippen LogP contribution in [0.5, 0.6) is 11.5 Å². The van der Waals surface area contributed by atoms with Gasteiger partial charge in [-0.1, -0.05) is 59.6 Å². The van der Waals surface area contributed by atoms with E-state index in [4.69, 9.17) is 21.1 Å². The van der Waals surface area contributed by atoms with E-state index in [9.17, 15) is 14.2 Å². The van der Waals surface area contributed by atoms with E-state index in [1.807, 2.05) is 19.1 Å². The number of carbonyl (C=O) groups is 2. The Morgan fingerprint density at radius 1 is 0.812 bits per heavy atom. The molecular formula is C25H24ClO5P. The first kappa shape index (κ1) is 23.8. The Morgan fingerprint density at radius 3 is 1.91 bits per heavy atom. The van der Waals surface area contributed by atoms with Crippen LogP contribution in [0, 0.1) is 20.8 Å². The molecule has 0 saturated carbocycles. The molecule has 0 N–H and O–H groups in total. The molecule has 0 amide bonds. The van der Waals surface area contributed by atoms with Crippen molar-refractivity contribution in [3.05, 3.63) is 87.4 Å². The maximum Gasteiger partial charge on any atom is 0.249 e. The molecule has 0 heterocycles. The molecule has 0 aliphatic rings. The van der Waals surface area contributed by atoms with Crippen LogP contribution >= 0.6 is 18.7 Å². The molecule has 1 atom stereocenters. The molecule has 5 nitrogen and oxygen atoms in total. The quantitative estimate of drug-likeness (QED) is 0.399. The van der Waals surface area contributed by atoms with Crippen LogP contribution in [0.3, 0.4) is 0 Å². The highest BCUT2D eigenvalue weighted by Crippen LogP contribution is 2.55. The number of hydrogen-bond acceptors (Lipinski definition) is 5. The van der Waals surface area contributed by atoms with E-state index in [1.54, 1.807) is 32.0 Å². The van der Waals surface area contributed by atoms with Crippen LogP contribution in [0.1, 0.15) is 37.4 Å². The van der Waals surface area contributed by atoms with Crippen LogP contribution in [-0.4, -0.2) is 25.3 Å². The lowest BCUT2D eigenvalue weighted by Crippen LogP contribution is -2.22. The average molecular weight is 471 g/mol. The minimum Gasteiger partial charge on any atom is -0.496 e. The van der Waals surface area contributed by atoms with Crippen molar-refractivity contribution in [2.75, 3.05) is 14.2 Å². The van der Waals surface area contributed by atoms with Crippen molar-refractivity contribution >= 4 is 35.1 Å². The fourth-order valence-electron chi connectivity index (χ4n) is 3.91. The Morgan fingerprint density at radius 2 is 1.38 bits per heavy atom. The van der Waals surface area contributed by atoms with Crippen molar-refractivity contribution in [2.45, 2.75) is 20.8 Å². The summed E-state index contributed by atoms with van der Waals surface area (Å²) in [6.07, 6.45) is 0. The monoisotopic (exact) mass is 470 g/mol. The van der Waals surface area contributed by atoms with Crippen LogP contribution in [-0.2, 0) is 4.57 Å². The highest BCUT2D eigenvalue weighted by Gasteiger charge is 2.46. The second kappa shape index (κ2) is 9.32. The van der Waals surface area contributed by atoms with Gasteiger partial charge in [0.15, 0.2) is 5.75 Å². The van der Waals surface area contributed by atoms with Crippen molar-refractivity contribution in [1.82, 2.24) is 0 Å². The summed E-state index contributed by atoms with van der Waals surface area (Å²) in [4.78, 5) is 27.9. The number of benzene rings is 3. The van der Waals surface area contributed by atoms with Gasteiger partial charge in [-0.3, -0.25) is 9.59 Å². The van der Waals surface area contributed by atoms with Crippen LogP contribution in [0.2, 0.25) is 5.02 Å². The fraction of sp³-hybridized carbons (Fsp3) is 0.200. The number of aryl methyl sites for hydroxylation is 3. The summed E-state index contributed by atoms with van der Waals surface area (Å²) in [5, 5.41) is 0.282. The second-order valence-corrected chi connectivity index (χ2v) is 10.4. The van der Waals surface area contributed by atoms with E-state index in [2.05, 4.69) is 0 Å². The Bertz CT molecular complexity index is 1230. The Kier molecular flexibility index (Phi) is 6.92. The summed E-state index contributed by atoms with van der Waals surface area (Å²) in [6.45, 7) is 5.46. The number of rotatable bonds is 7. The van der Waals surface area contributed by atoms with Gasteiger partial charge in [0, 0.05) is 10.9 Å². The van der Waals surface area contributed by atoms with Crippen LogP contribution in [0.25, 0.3) is 0 Å². The zero-order valence-electron chi connectivity index (χ0n) is 18.6. The van der Waals surface area contributed by atoms with Gasteiger partial charge in [0.25, 0.3) is 0 Å². The predicted molar refractivity (Wildman–Crippen MR) is 128 cm³/mol. The molecule has 3 aromatic carbocycles. The summed E-state index contributed by atoms with van der Waals surface area (Å²) in [5.41, 5.74) is 0.817. The van der Waals surface area contributed by atoms with Crippen molar-refractivity contribution in [1.29, 1.82) is 0 Å². The maximum absolute atomic E-state index is 14.6. The fourth-order valence-corrected chi connectivity index (χ4v) is 6.58. The average Bonchev–Trinajstić information content (AvgIpc) is 2.77. The van der Waals surface area contributed by atoms with Crippen LogP contribution in [0.4, 0.5) is 0 Å². The highest BCUT2D eigenvalue weighted by molar-refractivity contribution is 8.01. The highest BCUT2D eigenvalue weighted by atomic mass is 35.5. The first-order valence-electron chi connectivity index (χ1n) is 9.90. The van der Waals surface area contributed by atoms with E-state index >= 15 is 0 Å². The lowest BCUT2D eigenvalue weighted by molar-refractivity contribution is 0.103. The van der Waals surface area contributed by atoms with Gasteiger partial charge in [-0.2, -0.15) is 0 Å². The third-order valence-corrected chi connectivity index (χ3v) is 8.21. The smallest absolute Gasteiger partial charge is 0.249 e. The normalized spacial score (nSPS) is 12.7. The van der Waals surface area contributed by atoms with Crippen molar-refractivity contribution in [3.8, 4) is 11.5 Å². The number of halogens is 1. The number of carbonyl (C=O) groups excluding carboxylic acids is 2. The van der Waals surface area contributed by atoms with E-state index in [1.165, 1.54) is 38.5 Å². The molecule has 0 aliphatic carbocycles. The SMILES string of the molecule is COc1ccc(Cl)c(OC)c1C(=O)P(=O)(C(=O)c1c(C)cc(C)cc1C)c1ccccc1. The molecule has 32 heavy (non-hydrogen) atoms.